The first-order valence-corrected chi connectivity index (χ1v) is 10.9. The summed E-state index contributed by atoms with van der Waals surface area (Å²) < 4.78 is 5.91. The van der Waals surface area contributed by atoms with E-state index in [1.54, 1.807) is 25.3 Å². The van der Waals surface area contributed by atoms with E-state index in [1.165, 1.54) is 12.8 Å². The smallest absolute Gasteiger partial charge is 0.256 e. The van der Waals surface area contributed by atoms with Crippen LogP contribution in [0.1, 0.15) is 28.9 Å². The number of nitrogens with zero attached hydrogens (tertiary/aromatic N) is 3. The van der Waals surface area contributed by atoms with Crippen molar-refractivity contribution in [1.29, 1.82) is 0 Å². The summed E-state index contributed by atoms with van der Waals surface area (Å²) in [7, 11) is 1.57. The SMILES string of the molecule is COc1ccc(Br)c(C(=O)Nc2ccc(Nc3cc(C)nc(N4CCCC4)n3)cc2)c1. The average molecular weight is 482 g/mol. The minimum Gasteiger partial charge on any atom is -0.497 e. The number of rotatable bonds is 6. The van der Waals surface area contributed by atoms with Crippen molar-refractivity contribution in [2.24, 2.45) is 0 Å². The van der Waals surface area contributed by atoms with Gasteiger partial charge in [0.2, 0.25) is 5.95 Å². The third kappa shape index (κ3) is 5.14. The molecule has 8 heteroatoms. The molecule has 0 atom stereocenters. The van der Waals surface area contributed by atoms with Gasteiger partial charge in [-0.25, -0.2) is 4.98 Å². The van der Waals surface area contributed by atoms with Gasteiger partial charge in [0.05, 0.1) is 12.7 Å². The van der Waals surface area contributed by atoms with Gasteiger partial charge >= 0.3 is 0 Å². The number of ether oxygens (including phenoxy) is 1. The van der Waals surface area contributed by atoms with E-state index in [2.05, 4.69) is 41.4 Å². The Hall–Kier alpha value is -3.13. The van der Waals surface area contributed by atoms with Crippen molar-refractivity contribution in [2.45, 2.75) is 19.8 Å². The summed E-state index contributed by atoms with van der Waals surface area (Å²) in [5, 5.41) is 6.24. The van der Waals surface area contributed by atoms with Gasteiger partial charge in [0.25, 0.3) is 5.91 Å². The van der Waals surface area contributed by atoms with E-state index in [0.29, 0.717) is 21.5 Å². The second-order valence-corrected chi connectivity index (χ2v) is 8.25. The van der Waals surface area contributed by atoms with Crippen LogP contribution >= 0.6 is 15.9 Å². The van der Waals surface area contributed by atoms with Gasteiger partial charge in [0.15, 0.2) is 0 Å². The molecule has 7 nitrogen and oxygen atoms in total. The van der Waals surface area contributed by atoms with Crippen LogP contribution in [-0.2, 0) is 0 Å². The van der Waals surface area contributed by atoms with Gasteiger partial charge in [-0.1, -0.05) is 0 Å². The van der Waals surface area contributed by atoms with Gasteiger partial charge in [0.1, 0.15) is 11.6 Å². The average Bonchev–Trinajstić information content (AvgIpc) is 3.30. The first-order chi connectivity index (χ1) is 15.0. The van der Waals surface area contributed by atoms with Crippen LogP contribution in [0.4, 0.5) is 23.1 Å². The van der Waals surface area contributed by atoms with Crippen molar-refractivity contribution < 1.29 is 9.53 Å². The van der Waals surface area contributed by atoms with Crippen LogP contribution in [0.3, 0.4) is 0 Å². The zero-order chi connectivity index (χ0) is 21.8. The Bertz CT molecular complexity index is 1080. The number of anilines is 4. The van der Waals surface area contributed by atoms with Crippen LogP contribution in [0.25, 0.3) is 0 Å². The van der Waals surface area contributed by atoms with Crippen molar-refractivity contribution in [3.63, 3.8) is 0 Å². The molecule has 1 aliphatic rings. The third-order valence-corrected chi connectivity index (χ3v) is 5.76. The quantitative estimate of drug-likeness (QED) is 0.506. The highest BCUT2D eigenvalue weighted by atomic mass is 79.9. The molecule has 3 aromatic rings. The molecule has 0 aliphatic carbocycles. The molecule has 0 spiro atoms. The molecule has 1 fully saturated rings. The van der Waals surface area contributed by atoms with E-state index in [0.717, 1.165) is 36.2 Å². The molecule has 31 heavy (non-hydrogen) atoms. The van der Waals surface area contributed by atoms with Gasteiger partial charge < -0.3 is 20.3 Å². The molecule has 2 heterocycles. The summed E-state index contributed by atoms with van der Waals surface area (Å²) in [6.45, 7) is 3.98. The molecule has 1 amide bonds. The Morgan fingerprint density at radius 1 is 1.03 bits per heavy atom. The second kappa shape index (κ2) is 9.34. The number of carbonyl (C=O) groups is 1. The maximum atomic E-state index is 12.6. The van der Waals surface area contributed by atoms with Gasteiger partial charge in [-0.15, -0.1) is 0 Å². The summed E-state index contributed by atoms with van der Waals surface area (Å²) in [5.74, 6) is 1.94. The fourth-order valence-electron chi connectivity index (χ4n) is 3.46. The van der Waals surface area contributed by atoms with E-state index in [1.807, 2.05) is 37.3 Å². The van der Waals surface area contributed by atoms with Crippen LogP contribution in [0, 0.1) is 6.92 Å². The maximum Gasteiger partial charge on any atom is 0.256 e. The van der Waals surface area contributed by atoms with Crippen molar-refractivity contribution >= 4 is 45.0 Å². The Labute approximate surface area is 190 Å². The number of benzene rings is 2. The van der Waals surface area contributed by atoms with Crippen molar-refractivity contribution in [3.8, 4) is 5.75 Å². The lowest BCUT2D eigenvalue weighted by Crippen LogP contribution is -2.21. The Morgan fingerprint density at radius 2 is 1.74 bits per heavy atom. The topological polar surface area (TPSA) is 79.4 Å². The molecule has 160 valence electrons. The van der Waals surface area contributed by atoms with E-state index in [9.17, 15) is 4.79 Å². The summed E-state index contributed by atoms with van der Waals surface area (Å²) >= 11 is 3.42. The summed E-state index contributed by atoms with van der Waals surface area (Å²) in [5.41, 5.74) is 3.01. The normalized spacial score (nSPS) is 13.2. The first kappa shape index (κ1) is 21.1. The molecule has 1 aliphatic heterocycles. The minimum atomic E-state index is -0.215. The molecule has 0 radical (unpaired) electrons. The zero-order valence-electron chi connectivity index (χ0n) is 17.5. The summed E-state index contributed by atoms with van der Waals surface area (Å²) in [4.78, 5) is 24.1. The van der Waals surface area contributed by atoms with E-state index < -0.39 is 0 Å². The third-order valence-electron chi connectivity index (χ3n) is 5.06. The highest BCUT2D eigenvalue weighted by molar-refractivity contribution is 9.10. The maximum absolute atomic E-state index is 12.6. The number of halogens is 1. The Balaban J connectivity index is 1.45. The Morgan fingerprint density at radius 3 is 2.45 bits per heavy atom. The molecule has 1 saturated heterocycles. The van der Waals surface area contributed by atoms with Crippen LogP contribution in [0.5, 0.6) is 5.75 Å². The van der Waals surface area contributed by atoms with Crippen molar-refractivity contribution in [3.05, 3.63) is 64.3 Å². The van der Waals surface area contributed by atoms with Crippen LogP contribution in [0.15, 0.2) is 53.0 Å². The summed E-state index contributed by atoms with van der Waals surface area (Å²) in [6, 6.07) is 14.7. The van der Waals surface area contributed by atoms with Crippen molar-refractivity contribution in [2.75, 3.05) is 35.7 Å². The first-order valence-electron chi connectivity index (χ1n) is 10.1. The van der Waals surface area contributed by atoms with Gasteiger partial charge in [-0.2, -0.15) is 4.98 Å². The lowest BCUT2D eigenvalue weighted by molar-refractivity contribution is 0.102. The van der Waals surface area contributed by atoms with E-state index in [4.69, 9.17) is 4.74 Å². The standard InChI is InChI=1S/C23H24BrN5O2/c1-15-13-21(28-23(25-15)29-11-3-4-12-29)26-16-5-7-17(8-6-16)27-22(30)19-14-18(31-2)9-10-20(19)24/h5-10,13-14H,3-4,11-12H2,1-2H3,(H,27,30)(H,25,26,28). The molecule has 2 aromatic carbocycles. The Kier molecular flexibility index (Phi) is 6.36. The lowest BCUT2D eigenvalue weighted by Gasteiger charge is -2.17. The molecular weight excluding hydrogens is 458 g/mol. The monoisotopic (exact) mass is 481 g/mol. The van der Waals surface area contributed by atoms with E-state index >= 15 is 0 Å². The highest BCUT2D eigenvalue weighted by Crippen LogP contribution is 2.25. The molecule has 1 aromatic heterocycles. The van der Waals surface area contributed by atoms with Crippen molar-refractivity contribution in [1.82, 2.24) is 9.97 Å². The van der Waals surface area contributed by atoms with Crippen LogP contribution < -0.4 is 20.3 Å². The molecular formula is C23H24BrN5O2. The molecule has 0 saturated carbocycles. The largest absolute Gasteiger partial charge is 0.497 e. The number of hydrogen-bond donors (Lipinski definition) is 2. The number of aromatic nitrogens is 2. The summed E-state index contributed by atoms with van der Waals surface area (Å²) in [6.07, 6.45) is 2.36. The van der Waals surface area contributed by atoms with Gasteiger partial charge in [0, 0.05) is 40.7 Å². The highest BCUT2D eigenvalue weighted by Gasteiger charge is 2.16. The number of methoxy groups -OCH3 is 1. The van der Waals surface area contributed by atoms with E-state index in [-0.39, 0.29) is 5.91 Å². The molecule has 2 N–H and O–H groups in total. The molecule has 0 unspecified atom stereocenters. The predicted molar refractivity (Wildman–Crippen MR) is 127 cm³/mol. The number of carbonyl (C=O) groups excluding carboxylic acids is 1. The van der Waals surface area contributed by atoms with Crippen LogP contribution in [0.2, 0.25) is 0 Å². The number of amides is 1. The fraction of sp³-hybridized carbons (Fsp3) is 0.261. The second-order valence-electron chi connectivity index (χ2n) is 7.39. The van der Waals surface area contributed by atoms with Gasteiger partial charge in [-0.3, -0.25) is 4.79 Å². The van der Waals surface area contributed by atoms with Crippen LogP contribution in [-0.4, -0.2) is 36.1 Å². The molecule has 0 bridgehead atoms. The number of nitrogens with one attached hydrogen (secondary N) is 2. The minimum absolute atomic E-state index is 0.215. The number of hydrogen-bond acceptors (Lipinski definition) is 6. The lowest BCUT2D eigenvalue weighted by atomic mass is 10.2. The number of aryl methyl sites for hydroxylation is 1. The van der Waals surface area contributed by atoms with Gasteiger partial charge in [-0.05, 0) is 78.2 Å². The fourth-order valence-corrected chi connectivity index (χ4v) is 3.89. The predicted octanol–water partition coefficient (Wildman–Crippen LogP) is 5.15. The zero-order valence-corrected chi connectivity index (χ0v) is 19.1. The molecule has 4 rings (SSSR count).